The number of carbonyl (C=O) groups excluding carboxylic acids is 2. The Labute approximate surface area is 145 Å². The van der Waals surface area contributed by atoms with E-state index in [9.17, 15) is 9.59 Å². The summed E-state index contributed by atoms with van der Waals surface area (Å²) in [6, 6.07) is 6.30. The van der Waals surface area contributed by atoms with Gasteiger partial charge in [0.05, 0.1) is 19.2 Å². The molecule has 2 aromatic rings. The number of carbonyl (C=O) groups is 2. The average Bonchev–Trinajstić information content (AvgIpc) is 2.94. The van der Waals surface area contributed by atoms with E-state index in [1.165, 1.54) is 31.1 Å². The van der Waals surface area contributed by atoms with E-state index in [0.717, 1.165) is 29.7 Å². The number of fused-ring (bicyclic) bond motifs is 1. The summed E-state index contributed by atoms with van der Waals surface area (Å²) in [5, 5.41) is 3.20. The maximum atomic E-state index is 12.2. The van der Waals surface area contributed by atoms with Crippen LogP contribution in [0.25, 0.3) is 0 Å². The Hall–Kier alpha value is -2.21. The fourth-order valence-electron chi connectivity index (χ4n) is 2.98. The molecule has 0 aliphatic heterocycles. The van der Waals surface area contributed by atoms with Crippen molar-refractivity contribution in [2.75, 3.05) is 12.4 Å². The van der Waals surface area contributed by atoms with Gasteiger partial charge in [-0.15, -0.1) is 0 Å². The van der Waals surface area contributed by atoms with E-state index >= 15 is 0 Å². The number of thiazole rings is 1. The molecule has 1 aliphatic rings. The number of ether oxygens (including phenoxy) is 1. The highest BCUT2D eigenvalue weighted by Gasteiger charge is 2.17. The van der Waals surface area contributed by atoms with Gasteiger partial charge in [0.2, 0.25) is 5.91 Å². The van der Waals surface area contributed by atoms with E-state index in [0.29, 0.717) is 22.1 Å². The lowest BCUT2D eigenvalue weighted by Crippen LogP contribution is -2.15. The third kappa shape index (κ3) is 3.64. The zero-order valence-electron chi connectivity index (χ0n) is 13.8. The monoisotopic (exact) mass is 344 g/mol. The highest BCUT2D eigenvalue weighted by molar-refractivity contribution is 7.17. The minimum atomic E-state index is -0.430. The van der Waals surface area contributed by atoms with Gasteiger partial charge in [-0.25, -0.2) is 9.78 Å². The third-order valence-electron chi connectivity index (χ3n) is 4.19. The minimum Gasteiger partial charge on any atom is -0.465 e. The smallest absolute Gasteiger partial charge is 0.350 e. The lowest BCUT2D eigenvalue weighted by molar-refractivity contribution is -0.115. The van der Waals surface area contributed by atoms with Crippen LogP contribution in [0.5, 0.6) is 0 Å². The molecular weight excluding hydrogens is 324 g/mol. The Balaban J connectivity index is 1.66. The molecule has 0 fully saturated rings. The maximum Gasteiger partial charge on any atom is 0.350 e. The van der Waals surface area contributed by atoms with Crippen molar-refractivity contribution in [2.24, 2.45) is 0 Å². The molecule has 0 saturated carbocycles. The van der Waals surface area contributed by atoms with Crippen LogP contribution in [0.2, 0.25) is 0 Å². The first-order chi connectivity index (χ1) is 11.6. The molecule has 1 heterocycles. The number of amides is 1. The molecule has 6 heteroatoms. The largest absolute Gasteiger partial charge is 0.465 e. The second-order valence-electron chi connectivity index (χ2n) is 5.96. The predicted octanol–water partition coefficient (Wildman–Crippen LogP) is 3.30. The molecule has 0 saturated heterocycles. The Morgan fingerprint density at radius 1 is 1.25 bits per heavy atom. The van der Waals surface area contributed by atoms with Gasteiger partial charge in [0.15, 0.2) is 5.13 Å². The number of aryl methyl sites for hydroxylation is 3. The number of aromatic nitrogens is 1. The minimum absolute atomic E-state index is 0.129. The van der Waals surface area contributed by atoms with Crippen LogP contribution in [0.4, 0.5) is 5.13 Å². The average molecular weight is 344 g/mol. The number of benzene rings is 1. The van der Waals surface area contributed by atoms with Crippen LogP contribution in [-0.2, 0) is 28.8 Å². The van der Waals surface area contributed by atoms with Gasteiger partial charge in [0.25, 0.3) is 0 Å². The van der Waals surface area contributed by atoms with Gasteiger partial charge in [-0.3, -0.25) is 4.79 Å². The predicted molar refractivity (Wildman–Crippen MR) is 93.6 cm³/mol. The van der Waals surface area contributed by atoms with Crippen molar-refractivity contribution in [3.63, 3.8) is 0 Å². The van der Waals surface area contributed by atoms with E-state index in [-0.39, 0.29) is 5.91 Å². The number of methoxy groups -OCH3 is 1. The summed E-state index contributed by atoms with van der Waals surface area (Å²) in [6.45, 7) is 1.72. The van der Waals surface area contributed by atoms with Crippen LogP contribution in [0, 0.1) is 6.92 Å². The van der Waals surface area contributed by atoms with Gasteiger partial charge in [0.1, 0.15) is 4.88 Å². The molecule has 0 atom stereocenters. The lowest BCUT2D eigenvalue weighted by atomic mass is 9.90. The number of nitrogens with zero attached hydrogens (tertiary/aromatic N) is 1. The normalized spacial score (nSPS) is 13.2. The van der Waals surface area contributed by atoms with Gasteiger partial charge in [-0.2, -0.15) is 0 Å². The van der Waals surface area contributed by atoms with Gasteiger partial charge in [-0.1, -0.05) is 29.5 Å². The van der Waals surface area contributed by atoms with Gasteiger partial charge >= 0.3 is 5.97 Å². The van der Waals surface area contributed by atoms with Crippen molar-refractivity contribution in [2.45, 2.75) is 39.0 Å². The van der Waals surface area contributed by atoms with Crippen LogP contribution in [0.15, 0.2) is 18.2 Å². The molecule has 126 valence electrons. The van der Waals surface area contributed by atoms with Crippen LogP contribution < -0.4 is 5.32 Å². The molecule has 1 aromatic carbocycles. The second-order valence-corrected chi connectivity index (χ2v) is 6.96. The topological polar surface area (TPSA) is 68.3 Å². The summed E-state index contributed by atoms with van der Waals surface area (Å²) >= 11 is 1.14. The number of rotatable bonds is 4. The van der Waals surface area contributed by atoms with Crippen LogP contribution >= 0.6 is 11.3 Å². The van der Waals surface area contributed by atoms with Crippen molar-refractivity contribution >= 4 is 28.3 Å². The van der Waals surface area contributed by atoms with Crippen molar-refractivity contribution in [1.29, 1.82) is 0 Å². The van der Waals surface area contributed by atoms with E-state index in [2.05, 4.69) is 22.4 Å². The summed E-state index contributed by atoms with van der Waals surface area (Å²) in [5.41, 5.74) is 4.35. The Bertz CT molecular complexity index is 783. The molecule has 3 rings (SSSR count). The van der Waals surface area contributed by atoms with Crippen LogP contribution in [0.3, 0.4) is 0 Å². The molecule has 0 spiro atoms. The van der Waals surface area contributed by atoms with Crippen molar-refractivity contribution in [3.05, 3.63) is 45.5 Å². The van der Waals surface area contributed by atoms with E-state index < -0.39 is 5.97 Å². The summed E-state index contributed by atoms with van der Waals surface area (Å²) in [4.78, 5) is 28.5. The van der Waals surface area contributed by atoms with E-state index in [4.69, 9.17) is 4.74 Å². The van der Waals surface area contributed by atoms with Gasteiger partial charge in [0, 0.05) is 0 Å². The Morgan fingerprint density at radius 3 is 2.75 bits per heavy atom. The molecular formula is C18H20N2O3S. The van der Waals surface area contributed by atoms with Gasteiger partial charge in [-0.05, 0) is 49.3 Å². The number of hydrogen-bond acceptors (Lipinski definition) is 5. The number of hydrogen-bond donors (Lipinski definition) is 1. The van der Waals surface area contributed by atoms with Crippen LogP contribution in [0.1, 0.15) is 44.9 Å². The lowest BCUT2D eigenvalue weighted by Gasteiger charge is -2.16. The molecule has 24 heavy (non-hydrogen) atoms. The fraction of sp³-hybridized carbons (Fsp3) is 0.389. The summed E-state index contributed by atoms with van der Waals surface area (Å²) < 4.78 is 4.70. The summed E-state index contributed by atoms with van der Waals surface area (Å²) in [5.74, 6) is -0.559. The van der Waals surface area contributed by atoms with Crippen molar-refractivity contribution < 1.29 is 14.3 Å². The number of anilines is 1. The second kappa shape index (κ2) is 7.13. The molecule has 0 bridgehead atoms. The third-order valence-corrected chi connectivity index (χ3v) is 5.24. The van der Waals surface area contributed by atoms with Crippen LogP contribution in [-0.4, -0.2) is 24.0 Å². The number of nitrogens with one attached hydrogen (secondary N) is 1. The summed E-state index contributed by atoms with van der Waals surface area (Å²) in [6.07, 6.45) is 5.00. The standard InChI is InChI=1S/C18H20N2O3S/c1-11-16(17(22)23-2)24-18(19-11)20-15(21)10-12-7-8-13-5-3-4-6-14(13)9-12/h7-9H,3-6,10H2,1-2H3,(H,19,20,21). The zero-order valence-corrected chi connectivity index (χ0v) is 14.7. The summed E-state index contributed by atoms with van der Waals surface area (Å²) in [7, 11) is 1.33. The molecule has 5 nitrogen and oxygen atoms in total. The molecule has 0 radical (unpaired) electrons. The highest BCUT2D eigenvalue weighted by atomic mass is 32.1. The maximum absolute atomic E-state index is 12.2. The molecule has 1 aromatic heterocycles. The highest BCUT2D eigenvalue weighted by Crippen LogP contribution is 2.24. The first-order valence-electron chi connectivity index (χ1n) is 8.03. The first-order valence-corrected chi connectivity index (χ1v) is 8.84. The Morgan fingerprint density at radius 2 is 2.00 bits per heavy atom. The quantitative estimate of drug-likeness (QED) is 0.864. The molecule has 1 N–H and O–H groups in total. The van der Waals surface area contributed by atoms with Crippen molar-refractivity contribution in [1.82, 2.24) is 4.98 Å². The molecule has 1 aliphatic carbocycles. The zero-order chi connectivity index (χ0) is 17.1. The SMILES string of the molecule is COC(=O)c1sc(NC(=O)Cc2ccc3c(c2)CCCC3)nc1C. The fourth-order valence-corrected chi connectivity index (χ4v) is 3.88. The number of esters is 1. The van der Waals surface area contributed by atoms with Crippen molar-refractivity contribution in [3.8, 4) is 0 Å². The van der Waals surface area contributed by atoms with E-state index in [1.54, 1.807) is 6.92 Å². The molecule has 1 amide bonds. The first kappa shape index (κ1) is 16.6. The van der Waals surface area contributed by atoms with Gasteiger partial charge < -0.3 is 10.1 Å². The van der Waals surface area contributed by atoms with E-state index in [1.807, 2.05) is 6.07 Å². The molecule has 0 unspecified atom stereocenters. The Kier molecular flexibility index (Phi) is 4.94.